The van der Waals surface area contributed by atoms with Crippen LogP contribution in [0.5, 0.6) is 5.75 Å². The lowest BCUT2D eigenvalue weighted by Gasteiger charge is -2.24. The fraction of sp³-hybridized carbons (Fsp3) is 0.261. The zero-order valence-corrected chi connectivity index (χ0v) is 19.4. The van der Waals surface area contributed by atoms with Crippen LogP contribution in [0.3, 0.4) is 0 Å². The number of phenols is 1. The Morgan fingerprint density at radius 1 is 1.03 bits per heavy atom. The molecule has 2 aromatic carbocycles. The van der Waals surface area contributed by atoms with Gasteiger partial charge in [0.1, 0.15) is 11.8 Å². The van der Waals surface area contributed by atoms with Crippen LogP contribution >= 0.6 is 11.6 Å². The molecule has 2 aromatic rings. The molecule has 0 unspecified atom stereocenters. The van der Waals surface area contributed by atoms with Gasteiger partial charge in [0.2, 0.25) is 5.91 Å². The first kappa shape index (κ1) is 27.3. The molecule has 0 aliphatic heterocycles. The summed E-state index contributed by atoms with van der Waals surface area (Å²) in [7, 11) is 0. The number of nitrogens with zero attached hydrogens (tertiary/aromatic N) is 1. The Labute approximate surface area is 205 Å². The predicted molar refractivity (Wildman–Crippen MR) is 124 cm³/mol. The highest BCUT2D eigenvalue weighted by molar-refractivity contribution is 6.34. The van der Waals surface area contributed by atoms with Crippen molar-refractivity contribution in [2.75, 3.05) is 0 Å². The van der Waals surface area contributed by atoms with E-state index in [0.717, 1.165) is 0 Å². The fourth-order valence-corrected chi connectivity index (χ4v) is 3.16. The second kappa shape index (κ2) is 12.5. The van der Waals surface area contributed by atoms with Gasteiger partial charge in [0.15, 0.2) is 0 Å². The topological polar surface area (TPSA) is 173 Å². The Kier molecular flexibility index (Phi) is 9.74. The molecule has 0 aliphatic carbocycles. The van der Waals surface area contributed by atoms with Crippen molar-refractivity contribution in [1.29, 1.82) is 0 Å². The number of carbonyl (C=O) groups is 5. The van der Waals surface area contributed by atoms with E-state index in [1.165, 1.54) is 37.3 Å². The molecule has 0 fully saturated rings. The largest absolute Gasteiger partial charge is 0.508 e. The molecule has 35 heavy (non-hydrogen) atoms. The van der Waals surface area contributed by atoms with Crippen LogP contribution in [0.25, 0.3) is 0 Å². The van der Waals surface area contributed by atoms with Crippen LogP contribution in [0.2, 0.25) is 5.02 Å². The molecule has 12 heteroatoms. The average Bonchev–Trinajstić information content (AvgIpc) is 2.79. The van der Waals surface area contributed by atoms with E-state index in [9.17, 15) is 29.1 Å². The summed E-state index contributed by atoms with van der Waals surface area (Å²) in [6.07, 6.45) is -0.701. The van der Waals surface area contributed by atoms with Crippen molar-refractivity contribution in [3.63, 3.8) is 0 Å². The van der Waals surface area contributed by atoms with Crippen LogP contribution < -0.4 is 10.7 Å². The van der Waals surface area contributed by atoms with Crippen LogP contribution in [0, 0.1) is 0 Å². The van der Waals surface area contributed by atoms with E-state index in [-0.39, 0.29) is 47.7 Å². The number of rotatable bonds is 11. The van der Waals surface area contributed by atoms with Gasteiger partial charge in [0.25, 0.3) is 11.8 Å². The molecule has 3 amide bonds. The van der Waals surface area contributed by atoms with Crippen molar-refractivity contribution in [3.8, 4) is 5.75 Å². The maximum Gasteiger partial charge on any atom is 0.322 e. The summed E-state index contributed by atoms with van der Waals surface area (Å²) >= 11 is 6.21. The smallest absolute Gasteiger partial charge is 0.322 e. The first-order valence-electron chi connectivity index (χ1n) is 10.4. The number of carbonyl (C=O) groups excluding carboxylic acids is 3. The third-order valence-corrected chi connectivity index (χ3v) is 5.06. The molecular weight excluding hydrogens is 482 g/mol. The summed E-state index contributed by atoms with van der Waals surface area (Å²) in [5.41, 5.74) is 2.90. The second-order valence-corrected chi connectivity index (χ2v) is 7.93. The van der Waals surface area contributed by atoms with Crippen molar-refractivity contribution in [2.24, 2.45) is 0 Å². The van der Waals surface area contributed by atoms with Crippen molar-refractivity contribution >= 4 is 41.3 Å². The van der Waals surface area contributed by atoms with Gasteiger partial charge in [-0.15, -0.1) is 0 Å². The number of hydrogen-bond donors (Lipinski definition) is 5. The molecule has 0 saturated heterocycles. The summed E-state index contributed by atoms with van der Waals surface area (Å²) in [6.45, 7) is 1.34. The highest BCUT2D eigenvalue weighted by Crippen LogP contribution is 2.21. The SMILES string of the molecule is C[C@H](NN(C(=O)CCCC(=O)O)C(=O)c1ccc(C(=O)NCc2cccc(O)c2)cc1Cl)C(=O)O. The summed E-state index contributed by atoms with van der Waals surface area (Å²) < 4.78 is 0. The third-order valence-electron chi connectivity index (χ3n) is 4.75. The number of hydrogen-bond acceptors (Lipinski definition) is 7. The Hall–Kier alpha value is -3.96. The Morgan fingerprint density at radius 3 is 2.34 bits per heavy atom. The van der Waals surface area contributed by atoms with Gasteiger partial charge in [-0.25, -0.2) is 10.4 Å². The van der Waals surface area contributed by atoms with Gasteiger partial charge in [0, 0.05) is 24.9 Å². The van der Waals surface area contributed by atoms with E-state index in [0.29, 0.717) is 10.6 Å². The third kappa shape index (κ3) is 8.09. The van der Waals surface area contributed by atoms with E-state index in [1.54, 1.807) is 12.1 Å². The Bertz CT molecular complexity index is 1140. The van der Waals surface area contributed by atoms with Gasteiger partial charge in [-0.2, -0.15) is 0 Å². The normalized spacial score (nSPS) is 11.4. The van der Waals surface area contributed by atoms with Gasteiger partial charge >= 0.3 is 11.9 Å². The van der Waals surface area contributed by atoms with Crippen LogP contribution in [0.1, 0.15) is 52.5 Å². The number of amides is 3. The molecule has 1 atom stereocenters. The zero-order valence-electron chi connectivity index (χ0n) is 18.7. The molecule has 0 saturated carbocycles. The molecule has 186 valence electrons. The fourth-order valence-electron chi connectivity index (χ4n) is 2.90. The molecule has 11 nitrogen and oxygen atoms in total. The molecule has 5 N–H and O–H groups in total. The van der Waals surface area contributed by atoms with Crippen LogP contribution in [0.4, 0.5) is 0 Å². The monoisotopic (exact) mass is 505 g/mol. The number of carboxylic acid groups (broad SMARTS) is 2. The number of phenolic OH excluding ortho intramolecular Hbond substituents is 1. The van der Waals surface area contributed by atoms with E-state index in [1.807, 2.05) is 0 Å². The highest BCUT2D eigenvalue weighted by atomic mass is 35.5. The number of carboxylic acids is 2. The molecule has 0 bridgehead atoms. The lowest BCUT2D eigenvalue weighted by Crippen LogP contribution is -2.53. The second-order valence-electron chi connectivity index (χ2n) is 7.52. The van der Waals surface area contributed by atoms with Crippen molar-refractivity contribution in [3.05, 3.63) is 64.2 Å². The van der Waals surface area contributed by atoms with Gasteiger partial charge in [-0.05, 0) is 49.2 Å². The van der Waals surface area contributed by atoms with Crippen molar-refractivity contribution < 1.29 is 39.3 Å². The quantitative estimate of drug-likeness (QED) is 0.287. The van der Waals surface area contributed by atoms with Gasteiger partial charge in [0.05, 0.1) is 10.6 Å². The number of aliphatic carboxylic acids is 2. The Balaban J connectivity index is 2.17. The lowest BCUT2D eigenvalue weighted by atomic mass is 10.1. The van der Waals surface area contributed by atoms with Gasteiger partial charge in [-0.3, -0.25) is 24.0 Å². The first-order valence-corrected chi connectivity index (χ1v) is 10.8. The van der Waals surface area contributed by atoms with Crippen LogP contribution in [0.15, 0.2) is 42.5 Å². The molecule has 0 aromatic heterocycles. The molecule has 0 heterocycles. The van der Waals surface area contributed by atoms with Crippen LogP contribution in [-0.2, 0) is 20.9 Å². The number of halogens is 1. The van der Waals surface area contributed by atoms with Gasteiger partial charge in [-0.1, -0.05) is 23.7 Å². The summed E-state index contributed by atoms with van der Waals surface area (Å²) in [6, 6.07) is 8.76. The minimum atomic E-state index is -1.33. The Morgan fingerprint density at radius 2 is 1.74 bits per heavy atom. The van der Waals surface area contributed by atoms with E-state index in [2.05, 4.69) is 10.7 Å². The number of imide groups is 1. The molecule has 0 radical (unpaired) electrons. The zero-order chi connectivity index (χ0) is 26.1. The van der Waals surface area contributed by atoms with Crippen molar-refractivity contribution in [1.82, 2.24) is 15.8 Å². The predicted octanol–water partition coefficient (Wildman–Crippen LogP) is 2.18. The highest BCUT2D eigenvalue weighted by Gasteiger charge is 2.28. The van der Waals surface area contributed by atoms with E-state index >= 15 is 0 Å². The number of aromatic hydroxyl groups is 1. The van der Waals surface area contributed by atoms with E-state index in [4.69, 9.17) is 21.8 Å². The van der Waals surface area contributed by atoms with Crippen molar-refractivity contribution in [2.45, 2.75) is 38.8 Å². The number of benzene rings is 2. The lowest BCUT2D eigenvalue weighted by molar-refractivity contribution is -0.142. The molecule has 0 aliphatic rings. The summed E-state index contributed by atoms with van der Waals surface area (Å²) in [5.74, 6) is -4.71. The number of nitrogens with one attached hydrogen (secondary N) is 2. The molecule has 0 spiro atoms. The minimum absolute atomic E-state index is 0.0514. The molecular formula is C23H24ClN3O8. The van der Waals surface area contributed by atoms with Gasteiger partial charge < -0.3 is 20.6 Å². The standard InChI is InChI=1S/C23H24ClN3O8/c1-13(23(34)35)26-27(19(29)6-3-7-20(30)31)22(33)17-9-8-15(11-18(17)24)21(32)25-12-14-4-2-5-16(28)10-14/h2,4-5,8-11,13,26,28H,3,6-7,12H2,1H3,(H,25,32)(H,30,31)(H,34,35)/t13-/m0/s1. The maximum absolute atomic E-state index is 13.0. The average molecular weight is 506 g/mol. The van der Waals surface area contributed by atoms with Crippen LogP contribution in [-0.4, -0.2) is 56.0 Å². The molecule has 2 rings (SSSR count). The number of hydrazine groups is 1. The van der Waals surface area contributed by atoms with E-state index < -0.39 is 35.7 Å². The minimum Gasteiger partial charge on any atom is -0.508 e. The summed E-state index contributed by atoms with van der Waals surface area (Å²) in [4.78, 5) is 60.0. The maximum atomic E-state index is 13.0. The first-order chi connectivity index (χ1) is 16.5. The summed E-state index contributed by atoms with van der Waals surface area (Å²) in [5, 5.41) is 30.4.